The Morgan fingerprint density at radius 3 is 1.33 bits per heavy atom. The van der Waals surface area contributed by atoms with Crippen LogP contribution in [0.15, 0.2) is 212 Å². The summed E-state index contributed by atoms with van der Waals surface area (Å²) in [6, 6.07) is 77.0. The molecule has 254 valence electrons. The molecule has 0 atom stereocenters. The van der Waals surface area contributed by atoms with E-state index in [1.165, 1.54) is 81.1 Å². The van der Waals surface area contributed by atoms with Crippen molar-refractivity contribution in [1.29, 1.82) is 0 Å². The molecule has 0 amide bonds. The van der Waals surface area contributed by atoms with Crippen LogP contribution in [0.25, 0.3) is 75.5 Å². The molecule has 0 radical (unpaired) electrons. The summed E-state index contributed by atoms with van der Waals surface area (Å²) in [6.07, 6.45) is 0. The van der Waals surface area contributed by atoms with Gasteiger partial charge in [0.15, 0.2) is 0 Å². The van der Waals surface area contributed by atoms with Crippen molar-refractivity contribution in [2.45, 2.75) is 0 Å². The van der Waals surface area contributed by atoms with Gasteiger partial charge in [-0.2, -0.15) is 0 Å². The molecular weight excluding hydrogens is 671 g/mol. The van der Waals surface area contributed by atoms with Crippen LogP contribution >= 0.6 is 11.3 Å². The van der Waals surface area contributed by atoms with E-state index in [2.05, 4.69) is 217 Å². The van der Waals surface area contributed by atoms with Crippen molar-refractivity contribution >= 4 is 59.3 Å². The van der Waals surface area contributed by atoms with E-state index in [1.54, 1.807) is 0 Å². The highest BCUT2D eigenvalue weighted by molar-refractivity contribution is 7.25. The molecule has 10 aromatic rings. The number of nitrogens with zero attached hydrogens (tertiary/aromatic N) is 1. The minimum Gasteiger partial charge on any atom is -0.310 e. The first-order valence-electron chi connectivity index (χ1n) is 18.4. The highest BCUT2D eigenvalue weighted by atomic mass is 32.1. The van der Waals surface area contributed by atoms with E-state index in [4.69, 9.17) is 0 Å². The van der Waals surface area contributed by atoms with Crippen LogP contribution in [0.5, 0.6) is 0 Å². The molecule has 9 aromatic carbocycles. The summed E-state index contributed by atoms with van der Waals surface area (Å²) in [4.78, 5) is 2.35. The third-order valence-electron chi connectivity index (χ3n) is 10.5. The van der Waals surface area contributed by atoms with Crippen LogP contribution in [0.2, 0.25) is 0 Å². The second-order valence-corrected chi connectivity index (χ2v) is 14.8. The van der Waals surface area contributed by atoms with Crippen LogP contribution in [0.3, 0.4) is 0 Å². The van der Waals surface area contributed by atoms with Gasteiger partial charge in [-0.25, -0.2) is 0 Å². The number of para-hydroxylation sites is 1. The first kappa shape index (κ1) is 32.0. The Morgan fingerprint density at radius 2 is 0.704 bits per heavy atom. The van der Waals surface area contributed by atoms with E-state index in [0.717, 1.165) is 11.4 Å². The molecule has 0 aliphatic carbocycles. The van der Waals surface area contributed by atoms with Crippen LogP contribution < -0.4 is 4.90 Å². The average Bonchev–Trinajstić information content (AvgIpc) is 3.62. The van der Waals surface area contributed by atoms with E-state index < -0.39 is 0 Å². The molecule has 1 heterocycles. The summed E-state index contributed by atoms with van der Waals surface area (Å²) in [5.74, 6) is 0. The highest BCUT2D eigenvalue weighted by Gasteiger charge is 2.15. The molecule has 2 heteroatoms. The Bertz CT molecular complexity index is 2900. The lowest BCUT2D eigenvalue weighted by molar-refractivity contribution is 1.30. The largest absolute Gasteiger partial charge is 0.310 e. The monoisotopic (exact) mass is 705 g/mol. The molecule has 0 bridgehead atoms. The van der Waals surface area contributed by atoms with Gasteiger partial charge in [0, 0.05) is 36.9 Å². The molecule has 0 aliphatic rings. The zero-order valence-corrected chi connectivity index (χ0v) is 30.4. The third kappa shape index (κ3) is 5.93. The lowest BCUT2D eigenvalue weighted by Gasteiger charge is -2.27. The SMILES string of the molecule is c1ccc(-c2ccc3sc4ccc(-c5ccc(-c6cccc(-c7ccc(N(c8ccccc8)c8cccc9ccccc89)cc7)c6)cc5)cc4c3c2)cc1. The van der Waals surface area contributed by atoms with Crippen molar-refractivity contribution in [3.63, 3.8) is 0 Å². The number of rotatable bonds is 7. The van der Waals surface area contributed by atoms with Gasteiger partial charge in [-0.1, -0.05) is 152 Å². The predicted molar refractivity (Wildman–Crippen MR) is 233 cm³/mol. The number of anilines is 3. The van der Waals surface area contributed by atoms with Gasteiger partial charge in [-0.05, 0) is 111 Å². The lowest BCUT2D eigenvalue weighted by atomic mass is 9.96. The Balaban J connectivity index is 0.939. The average molecular weight is 706 g/mol. The second kappa shape index (κ2) is 13.7. The van der Waals surface area contributed by atoms with Gasteiger partial charge in [-0.15, -0.1) is 11.3 Å². The van der Waals surface area contributed by atoms with Crippen molar-refractivity contribution < 1.29 is 0 Å². The van der Waals surface area contributed by atoms with Crippen molar-refractivity contribution in [1.82, 2.24) is 0 Å². The Hall–Kier alpha value is -6.74. The fraction of sp³-hybridized carbons (Fsp3) is 0. The molecule has 0 saturated heterocycles. The molecule has 0 aliphatic heterocycles. The van der Waals surface area contributed by atoms with E-state index in [9.17, 15) is 0 Å². The van der Waals surface area contributed by atoms with Crippen molar-refractivity contribution in [2.75, 3.05) is 4.90 Å². The van der Waals surface area contributed by atoms with Crippen LogP contribution in [-0.4, -0.2) is 0 Å². The fourth-order valence-electron chi connectivity index (χ4n) is 7.71. The van der Waals surface area contributed by atoms with Crippen molar-refractivity contribution in [3.05, 3.63) is 212 Å². The standard InChI is InChI=1S/C52H35NS/c1-3-11-36(12-4-1)43-27-31-51-48(34-43)49-35-44(28-32-52(49)54-51)38-23-21-37(22-24-38)41-15-9-16-42(33-41)39-25-29-46(30-26-39)53(45-17-5-2-6-18-45)50-20-10-14-40-13-7-8-19-47(40)50/h1-35H. The third-order valence-corrected chi connectivity index (χ3v) is 11.6. The normalized spacial score (nSPS) is 11.3. The minimum absolute atomic E-state index is 1.12. The molecule has 54 heavy (non-hydrogen) atoms. The number of benzene rings is 9. The van der Waals surface area contributed by atoms with Gasteiger partial charge in [0.1, 0.15) is 0 Å². The predicted octanol–water partition coefficient (Wildman–Crippen LogP) is 15.3. The number of fused-ring (bicyclic) bond motifs is 4. The molecule has 1 nitrogen and oxygen atoms in total. The summed E-state index contributed by atoms with van der Waals surface area (Å²) in [7, 11) is 0. The smallest absolute Gasteiger partial charge is 0.0540 e. The minimum atomic E-state index is 1.12. The Morgan fingerprint density at radius 1 is 0.278 bits per heavy atom. The maximum absolute atomic E-state index is 2.36. The van der Waals surface area contributed by atoms with Gasteiger partial charge >= 0.3 is 0 Å². The topological polar surface area (TPSA) is 3.24 Å². The van der Waals surface area contributed by atoms with Gasteiger partial charge in [0.2, 0.25) is 0 Å². The maximum atomic E-state index is 2.36. The zero-order chi connectivity index (χ0) is 35.8. The molecule has 0 spiro atoms. The van der Waals surface area contributed by atoms with E-state index >= 15 is 0 Å². The Kier molecular flexibility index (Phi) is 8.09. The summed E-state index contributed by atoms with van der Waals surface area (Å²) in [6.45, 7) is 0. The quantitative estimate of drug-likeness (QED) is 0.160. The molecule has 0 N–H and O–H groups in total. The van der Waals surface area contributed by atoms with Gasteiger partial charge in [-0.3, -0.25) is 0 Å². The number of hydrogen-bond acceptors (Lipinski definition) is 2. The lowest BCUT2D eigenvalue weighted by Crippen LogP contribution is -2.10. The zero-order valence-electron chi connectivity index (χ0n) is 29.6. The number of thiophene rings is 1. The number of hydrogen-bond donors (Lipinski definition) is 0. The molecule has 10 rings (SSSR count). The molecule has 0 unspecified atom stereocenters. The maximum Gasteiger partial charge on any atom is 0.0540 e. The molecule has 0 saturated carbocycles. The van der Waals surface area contributed by atoms with Gasteiger partial charge < -0.3 is 4.90 Å². The summed E-state index contributed by atoms with van der Waals surface area (Å²) >= 11 is 1.87. The second-order valence-electron chi connectivity index (χ2n) is 13.8. The van der Waals surface area contributed by atoms with Crippen LogP contribution in [-0.2, 0) is 0 Å². The fourth-order valence-corrected chi connectivity index (χ4v) is 8.78. The van der Waals surface area contributed by atoms with Crippen molar-refractivity contribution in [2.24, 2.45) is 0 Å². The van der Waals surface area contributed by atoms with Crippen LogP contribution in [0.1, 0.15) is 0 Å². The van der Waals surface area contributed by atoms with Gasteiger partial charge in [0.05, 0.1) is 5.69 Å². The molecule has 1 aromatic heterocycles. The van der Waals surface area contributed by atoms with Crippen LogP contribution in [0, 0.1) is 0 Å². The Labute approximate surface area is 319 Å². The van der Waals surface area contributed by atoms with E-state index in [0.29, 0.717) is 0 Å². The van der Waals surface area contributed by atoms with Crippen LogP contribution in [0.4, 0.5) is 17.1 Å². The van der Waals surface area contributed by atoms with Gasteiger partial charge in [0.25, 0.3) is 0 Å². The first-order valence-corrected chi connectivity index (χ1v) is 19.2. The summed E-state index contributed by atoms with van der Waals surface area (Å²) < 4.78 is 2.65. The molecular formula is C52H35NS. The molecule has 0 fully saturated rings. The van der Waals surface area contributed by atoms with Crippen molar-refractivity contribution in [3.8, 4) is 44.5 Å². The van der Waals surface area contributed by atoms with E-state index in [1.807, 2.05) is 11.3 Å². The highest BCUT2D eigenvalue weighted by Crippen LogP contribution is 2.41. The summed E-state index contributed by atoms with van der Waals surface area (Å²) in [5, 5.41) is 5.09. The first-order chi connectivity index (χ1) is 26.7. The van der Waals surface area contributed by atoms with E-state index in [-0.39, 0.29) is 0 Å². The summed E-state index contributed by atoms with van der Waals surface area (Å²) in [5.41, 5.74) is 13.2.